The van der Waals surface area contributed by atoms with Gasteiger partial charge in [0, 0.05) is 18.9 Å². The highest BCUT2D eigenvalue weighted by Gasteiger charge is 2.14. The molecule has 0 bridgehead atoms. The van der Waals surface area contributed by atoms with E-state index in [1.807, 2.05) is 42.5 Å². The number of likely N-dealkylation sites (N-methyl/N-ethyl adjacent to an activating group) is 1. The summed E-state index contributed by atoms with van der Waals surface area (Å²) in [5.41, 5.74) is 5.28. The van der Waals surface area contributed by atoms with Gasteiger partial charge in [0.05, 0.1) is 20.7 Å². The van der Waals surface area contributed by atoms with Crippen molar-refractivity contribution < 1.29 is 9.90 Å². The number of carbonyl (C=O) groups is 1. The molecule has 2 aromatic heterocycles. The van der Waals surface area contributed by atoms with Gasteiger partial charge in [-0.25, -0.2) is 9.97 Å². The first-order valence-corrected chi connectivity index (χ1v) is 11.6. The molecule has 0 amide bonds. The third kappa shape index (κ3) is 4.56. The number of benzene rings is 3. The number of anilines is 1. The van der Waals surface area contributed by atoms with Crippen molar-refractivity contribution in [3.8, 4) is 11.1 Å². The van der Waals surface area contributed by atoms with E-state index in [9.17, 15) is 9.90 Å². The number of hydrogen-bond donors (Lipinski definition) is 1. The van der Waals surface area contributed by atoms with Gasteiger partial charge >= 0.3 is 5.97 Å². The van der Waals surface area contributed by atoms with E-state index in [-0.39, 0.29) is 6.54 Å². The van der Waals surface area contributed by atoms with E-state index >= 15 is 0 Å². The van der Waals surface area contributed by atoms with Crippen LogP contribution in [-0.4, -0.2) is 34.6 Å². The highest BCUT2D eigenvalue weighted by Crippen LogP contribution is 2.32. The molecule has 0 saturated carbocycles. The molecule has 0 saturated heterocycles. The average Bonchev–Trinajstić information content (AvgIpc) is 3.25. The SMILES string of the molecule is CN(CC(=O)O)c1cc(-c2ccccc2)c2cc(CCc3nc4ccccc4s3)ccc2n1. The molecule has 0 aliphatic rings. The highest BCUT2D eigenvalue weighted by atomic mass is 32.1. The first-order valence-electron chi connectivity index (χ1n) is 10.8. The standard InChI is InChI=1S/C27H23N3O2S/c1-30(17-27(31)32)25-16-20(19-7-3-2-4-8-19)21-15-18(11-13-22(21)28-25)12-14-26-29-23-9-5-6-10-24(23)33-26/h2-11,13,15-16H,12,14,17H2,1H3,(H,31,32). The second kappa shape index (κ2) is 9.00. The molecule has 3 aromatic carbocycles. The Morgan fingerprint density at radius 2 is 1.70 bits per heavy atom. The van der Waals surface area contributed by atoms with Crippen LogP contribution in [0, 0.1) is 0 Å². The second-order valence-corrected chi connectivity index (χ2v) is 9.19. The quantitative estimate of drug-likeness (QED) is 0.336. The van der Waals surface area contributed by atoms with Crippen molar-refractivity contribution in [2.75, 3.05) is 18.5 Å². The highest BCUT2D eigenvalue weighted by molar-refractivity contribution is 7.18. The van der Waals surface area contributed by atoms with Crippen LogP contribution in [0.1, 0.15) is 10.6 Å². The van der Waals surface area contributed by atoms with E-state index in [2.05, 4.69) is 36.4 Å². The number of nitrogens with zero attached hydrogens (tertiary/aromatic N) is 3. The van der Waals surface area contributed by atoms with Gasteiger partial charge in [0.15, 0.2) is 0 Å². The van der Waals surface area contributed by atoms with E-state index < -0.39 is 5.97 Å². The molecule has 0 radical (unpaired) electrons. The van der Waals surface area contributed by atoms with Crippen molar-refractivity contribution in [3.05, 3.63) is 89.4 Å². The van der Waals surface area contributed by atoms with E-state index in [4.69, 9.17) is 9.97 Å². The van der Waals surface area contributed by atoms with Crippen molar-refractivity contribution in [2.45, 2.75) is 12.8 Å². The first kappa shape index (κ1) is 21.1. The van der Waals surface area contributed by atoms with Gasteiger partial charge in [-0.2, -0.15) is 0 Å². The number of carboxylic acids is 1. The van der Waals surface area contributed by atoms with Gasteiger partial charge in [-0.15, -0.1) is 11.3 Å². The van der Waals surface area contributed by atoms with Crippen LogP contribution >= 0.6 is 11.3 Å². The molecule has 5 nitrogen and oxygen atoms in total. The molecule has 6 heteroatoms. The predicted octanol–water partition coefficient (Wildman–Crippen LogP) is 5.82. The topological polar surface area (TPSA) is 66.3 Å². The summed E-state index contributed by atoms with van der Waals surface area (Å²) in [7, 11) is 1.75. The van der Waals surface area contributed by atoms with Gasteiger partial charge in [-0.3, -0.25) is 4.79 Å². The Morgan fingerprint density at radius 3 is 2.48 bits per heavy atom. The maximum absolute atomic E-state index is 11.2. The fraction of sp³-hybridized carbons (Fsp3) is 0.148. The number of thiazole rings is 1. The lowest BCUT2D eigenvalue weighted by Crippen LogP contribution is -2.26. The maximum Gasteiger partial charge on any atom is 0.323 e. The lowest BCUT2D eigenvalue weighted by atomic mass is 9.98. The molecule has 2 heterocycles. The van der Waals surface area contributed by atoms with Crippen LogP contribution in [0.25, 0.3) is 32.2 Å². The number of fused-ring (bicyclic) bond motifs is 2. The molecule has 0 spiro atoms. The van der Waals surface area contributed by atoms with Crippen molar-refractivity contribution in [2.24, 2.45) is 0 Å². The van der Waals surface area contributed by atoms with Crippen molar-refractivity contribution in [3.63, 3.8) is 0 Å². The zero-order chi connectivity index (χ0) is 22.8. The van der Waals surface area contributed by atoms with Gasteiger partial charge in [0.2, 0.25) is 0 Å². The number of carboxylic acid groups (broad SMARTS) is 1. The van der Waals surface area contributed by atoms with Crippen molar-refractivity contribution >= 4 is 44.2 Å². The molecular formula is C27H23N3O2S. The molecule has 5 rings (SSSR count). The lowest BCUT2D eigenvalue weighted by molar-refractivity contribution is -0.135. The van der Waals surface area contributed by atoms with Gasteiger partial charge in [0.25, 0.3) is 0 Å². The Labute approximate surface area is 196 Å². The van der Waals surface area contributed by atoms with Gasteiger partial charge < -0.3 is 10.0 Å². The average molecular weight is 454 g/mol. The minimum absolute atomic E-state index is 0.104. The third-order valence-corrected chi connectivity index (χ3v) is 6.77. The van der Waals surface area contributed by atoms with Crippen LogP contribution in [0.3, 0.4) is 0 Å². The number of pyridine rings is 1. The molecule has 164 valence electrons. The van der Waals surface area contributed by atoms with Crippen LogP contribution in [0.2, 0.25) is 0 Å². The van der Waals surface area contributed by atoms with Crippen LogP contribution in [0.4, 0.5) is 5.82 Å². The summed E-state index contributed by atoms with van der Waals surface area (Å²) >= 11 is 1.75. The summed E-state index contributed by atoms with van der Waals surface area (Å²) in [4.78, 5) is 22.4. The molecular weight excluding hydrogens is 430 g/mol. The van der Waals surface area contributed by atoms with Gasteiger partial charge in [0.1, 0.15) is 12.4 Å². The lowest BCUT2D eigenvalue weighted by Gasteiger charge is -2.18. The number of aromatic nitrogens is 2. The fourth-order valence-electron chi connectivity index (χ4n) is 4.03. The number of aryl methyl sites for hydroxylation is 2. The minimum Gasteiger partial charge on any atom is -0.480 e. The van der Waals surface area contributed by atoms with E-state index in [0.29, 0.717) is 5.82 Å². The maximum atomic E-state index is 11.2. The fourth-order valence-corrected chi connectivity index (χ4v) is 5.00. The molecule has 0 fully saturated rings. The molecule has 0 unspecified atom stereocenters. The summed E-state index contributed by atoms with van der Waals surface area (Å²) < 4.78 is 1.22. The minimum atomic E-state index is -0.883. The largest absolute Gasteiger partial charge is 0.480 e. The van der Waals surface area contributed by atoms with Gasteiger partial charge in [-0.05, 0) is 53.4 Å². The van der Waals surface area contributed by atoms with Crippen LogP contribution in [0.15, 0.2) is 78.9 Å². The Hall–Kier alpha value is -3.77. The Balaban J connectivity index is 1.50. The normalized spacial score (nSPS) is 11.2. The smallest absolute Gasteiger partial charge is 0.323 e. The molecule has 1 N–H and O–H groups in total. The molecule has 0 aliphatic heterocycles. The number of aliphatic carboxylic acids is 1. The van der Waals surface area contributed by atoms with Crippen molar-refractivity contribution in [1.82, 2.24) is 9.97 Å². The molecule has 33 heavy (non-hydrogen) atoms. The Morgan fingerprint density at radius 1 is 0.909 bits per heavy atom. The number of para-hydroxylation sites is 1. The number of rotatable bonds is 7. The zero-order valence-electron chi connectivity index (χ0n) is 18.2. The summed E-state index contributed by atoms with van der Waals surface area (Å²) in [6.45, 7) is -0.104. The second-order valence-electron chi connectivity index (χ2n) is 8.07. The van der Waals surface area contributed by atoms with E-state index in [1.165, 1.54) is 10.3 Å². The summed E-state index contributed by atoms with van der Waals surface area (Å²) in [5.74, 6) is -0.239. The van der Waals surface area contributed by atoms with Crippen LogP contribution in [0.5, 0.6) is 0 Å². The summed E-state index contributed by atoms with van der Waals surface area (Å²) in [6.07, 6.45) is 1.78. The molecule has 0 atom stereocenters. The predicted molar refractivity (Wildman–Crippen MR) is 135 cm³/mol. The van der Waals surface area contributed by atoms with Crippen LogP contribution in [-0.2, 0) is 17.6 Å². The van der Waals surface area contributed by atoms with Crippen LogP contribution < -0.4 is 4.90 Å². The summed E-state index contributed by atoms with van der Waals surface area (Å²) in [6, 6.07) is 26.7. The summed E-state index contributed by atoms with van der Waals surface area (Å²) in [5, 5.41) is 11.4. The third-order valence-electron chi connectivity index (χ3n) is 5.67. The van der Waals surface area contributed by atoms with Crippen molar-refractivity contribution in [1.29, 1.82) is 0 Å². The van der Waals surface area contributed by atoms with Gasteiger partial charge in [-0.1, -0.05) is 48.5 Å². The van der Waals surface area contributed by atoms with E-state index in [1.54, 1.807) is 23.3 Å². The van der Waals surface area contributed by atoms with E-state index in [0.717, 1.165) is 45.4 Å². The Kier molecular flexibility index (Phi) is 5.75. The molecule has 5 aromatic rings. The monoisotopic (exact) mass is 453 g/mol. The zero-order valence-corrected chi connectivity index (χ0v) is 19.0. The Bertz CT molecular complexity index is 1410. The number of hydrogen-bond acceptors (Lipinski definition) is 5. The molecule has 0 aliphatic carbocycles. The first-order chi connectivity index (χ1) is 16.1.